The Hall–Kier alpha value is -3.14. The third-order valence-corrected chi connectivity index (χ3v) is 4.84. The molecule has 0 aliphatic heterocycles. The van der Waals surface area contributed by atoms with Gasteiger partial charge in [0.2, 0.25) is 0 Å². The number of hydrogen-bond acceptors (Lipinski definition) is 2. The highest BCUT2D eigenvalue weighted by atomic mass is 16.4. The summed E-state index contributed by atoms with van der Waals surface area (Å²) in [5.41, 5.74) is 5.50. The second-order valence-electron chi connectivity index (χ2n) is 6.60. The first-order chi connectivity index (χ1) is 12.6. The molecular formula is C22H20N2O2. The molecule has 0 aliphatic carbocycles. The predicted molar refractivity (Wildman–Crippen MR) is 104 cm³/mol. The Morgan fingerprint density at radius 2 is 1.81 bits per heavy atom. The van der Waals surface area contributed by atoms with Crippen LogP contribution in [0.15, 0.2) is 54.6 Å². The molecule has 4 rings (SSSR count). The van der Waals surface area contributed by atoms with Crippen molar-refractivity contribution in [1.82, 2.24) is 9.55 Å². The normalized spacial score (nSPS) is 11.3. The molecule has 1 N–H and O–H groups in total. The van der Waals surface area contributed by atoms with Crippen LogP contribution in [-0.4, -0.2) is 20.6 Å². The maximum Gasteiger partial charge on any atom is 0.354 e. The van der Waals surface area contributed by atoms with Gasteiger partial charge in [-0.05, 0) is 31.0 Å². The van der Waals surface area contributed by atoms with Crippen LogP contribution in [0.4, 0.5) is 0 Å². The monoisotopic (exact) mass is 344 g/mol. The van der Waals surface area contributed by atoms with Gasteiger partial charge in [0.25, 0.3) is 0 Å². The topological polar surface area (TPSA) is 55.1 Å². The van der Waals surface area contributed by atoms with E-state index in [1.807, 2.05) is 25.1 Å². The van der Waals surface area contributed by atoms with Crippen LogP contribution in [0.3, 0.4) is 0 Å². The highest BCUT2D eigenvalue weighted by Crippen LogP contribution is 2.32. The third kappa shape index (κ3) is 2.64. The number of nitrogens with zero attached hydrogens (tertiary/aromatic N) is 2. The molecule has 0 amide bonds. The first-order valence-electron chi connectivity index (χ1n) is 8.78. The molecule has 0 spiro atoms. The van der Waals surface area contributed by atoms with Crippen LogP contribution in [0.1, 0.15) is 34.2 Å². The smallest absolute Gasteiger partial charge is 0.354 e. The fraction of sp³-hybridized carbons (Fsp3) is 0.182. The average molecular weight is 344 g/mol. The van der Waals surface area contributed by atoms with Crippen molar-refractivity contribution in [2.45, 2.75) is 26.8 Å². The summed E-state index contributed by atoms with van der Waals surface area (Å²) in [6.45, 7) is 4.82. The Kier molecular flexibility index (Phi) is 3.96. The van der Waals surface area contributed by atoms with E-state index in [0.717, 1.165) is 34.0 Å². The van der Waals surface area contributed by atoms with Crippen molar-refractivity contribution in [3.63, 3.8) is 0 Å². The van der Waals surface area contributed by atoms with Gasteiger partial charge < -0.3 is 9.67 Å². The molecule has 4 aromatic rings. The van der Waals surface area contributed by atoms with Crippen LogP contribution in [-0.2, 0) is 13.0 Å². The first-order valence-corrected chi connectivity index (χ1v) is 8.78. The van der Waals surface area contributed by atoms with Crippen molar-refractivity contribution < 1.29 is 9.90 Å². The summed E-state index contributed by atoms with van der Waals surface area (Å²) in [7, 11) is 0. The van der Waals surface area contributed by atoms with Gasteiger partial charge in [0, 0.05) is 22.8 Å². The van der Waals surface area contributed by atoms with Gasteiger partial charge in [-0.1, -0.05) is 55.0 Å². The fourth-order valence-electron chi connectivity index (χ4n) is 3.55. The molecule has 4 nitrogen and oxygen atoms in total. The number of pyridine rings is 1. The summed E-state index contributed by atoms with van der Waals surface area (Å²) in [5, 5.41) is 11.5. The van der Waals surface area contributed by atoms with Crippen molar-refractivity contribution in [3.05, 3.63) is 77.1 Å². The Morgan fingerprint density at radius 3 is 2.50 bits per heavy atom. The average Bonchev–Trinajstić information content (AvgIpc) is 2.97. The summed E-state index contributed by atoms with van der Waals surface area (Å²) in [6.07, 6.45) is 0.682. The number of aryl methyl sites for hydroxylation is 2. The van der Waals surface area contributed by atoms with Gasteiger partial charge in [0.15, 0.2) is 0 Å². The van der Waals surface area contributed by atoms with Crippen LogP contribution in [0.25, 0.3) is 21.8 Å². The van der Waals surface area contributed by atoms with E-state index in [1.54, 1.807) is 6.07 Å². The number of rotatable bonds is 4. The fourth-order valence-corrected chi connectivity index (χ4v) is 3.55. The lowest BCUT2D eigenvalue weighted by atomic mass is 10.1. The van der Waals surface area contributed by atoms with Crippen LogP contribution < -0.4 is 0 Å². The molecule has 0 fully saturated rings. The second-order valence-corrected chi connectivity index (χ2v) is 6.60. The van der Waals surface area contributed by atoms with Gasteiger partial charge in [-0.2, -0.15) is 0 Å². The quantitative estimate of drug-likeness (QED) is 0.578. The van der Waals surface area contributed by atoms with E-state index >= 15 is 0 Å². The number of aromatic nitrogens is 2. The third-order valence-electron chi connectivity index (χ3n) is 4.84. The minimum atomic E-state index is -0.989. The largest absolute Gasteiger partial charge is 0.477 e. The van der Waals surface area contributed by atoms with Gasteiger partial charge in [-0.15, -0.1) is 0 Å². The van der Waals surface area contributed by atoms with E-state index in [9.17, 15) is 9.90 Å². The molecule has 4 heteroatoms. The molecule has 0 saturated heterocycles. The van der Waals surface area contributed by atoms with Crippen LogP contribution in [0.5, 0.6) is 0 Å². The summed E-state index contributed by atoms with van der Waals surface area (Å²) >= 11 is 0. The SMILES string of the molecule is CCc1nc(C(=O)O)cc2c3ccccc3n(Cc3ccc(C)cc3)c12. The molecule has 0 bridgehead atoms. The first kappa shape index (κ1) is 16.3. The zero-order valence-corrected chi connectivity index (χ0v) is 14.9. The van der Waals surface area contributed by atoms with Crippen molar-refractivity contribution >= 4 is 27.8 Å². The number of para-hydroxylation sites is 1. The molecule has 0 atom stereocenters. The number of carbonyl (C=O) groups is 1. The Labute approximate surface area is 151 Å². The number of carboxylic acid groups (broad SMARTS) is 1. The maximum atomic E-state index is 11.5. The number of aromatic carboxylic acids is 1. The Balaban J connectivity index is 2.03. The Bertz CT molecular complexity index is 1120. The maximum absolute atomic E-state index is 11.5. The van der Waals surface area contributed by atoms with Crippen molar-refractivity contribution in [1.29, 1.82) is 0 Å². The van der Waals surface area contributed by atoms with Gasteiger partial charge in [0.05, 0.1) is 11.2 Å². The standard InChI is InChI=1S/C22H20N2O2/c1-3-18-21-17(12-19(23-18)22(25)26)16-6-4-5-7-20(16)24(21)13-15-10-8-14(2)9-11-15/h4-12H,3,13H2,1-2H3,(H,25,26). The summed E-state index contributed by atoms with van der Waals surface area (Å²) < 4.78 is 2.26. The molecule has 2 aromatic carbocycles. The second kappa shape index (κ2) is 6.30. The van der Waals surface area contributed by atoms with E-state index in [-0.39, 0.29) is 5.69 Å². The number of benzene rings is 2. The van der Waals surface area contributed by atoms with Gasteiger partial charge >= 0.3 is 5.97 Å². The molecule has 2 heterocycles. The van der Waals surface area contributed by atoms with Crippen molar-refractivity contribution in [2.24, 2.45) is 0 Å². The lowest BCUT2D eigenvalue weighted by Crippen LogP contribution is -2.06. The highest BCUT2D eigenvalue weighted by molar-refractivity contribution is 6.10. The lowest BCUT2D eigenvalue weighted by Gasteiger charge is -2.11. The van der Waals surface area contributed by atoms with Crippen LogP contribution >= 0.6 is 0 Å². The number of hydrogen-bond donors (Lipinski definition) is 1. The van der Waals surface area contributed by atoms with Gasteiger partial charge in [-0.25, -0.2) is 9.78 Å². The van der Waals surface area contributed by atoms with Crippen molar-refractivity contribution in [3.8, 4) is 0 Å². The molecule has 130 valence electrons. The molecule has 0 radical (unpaired) electrons. The highest BCUT2D eigenvalue weighted by Gasteiger charge is 2.18. The summed E-state index contributed by atoms with van der Waals surface area (Å²) in [5.74, 6) is -0.989. The molecule has 26 heavy (non-hydrogen) atoms. The van der Waals surface area contributed by atoms with E-state index in [0.29, 0.717) is 6.42 Å². The van der Waals surface area contributed by atoms with E-state index in [1.165, 1.54) is 11.1 Å². The number of carboxylic acids is 1. The predicted octanol–water partition coefficient (Wildman–Crippen LogP) is 4.81. The van der Waals surface area contributed by atoms with Crippen molar-refractivity contribution in [2.75, 3.05) is 0 Å². The summed E-state index contributed by atoms with van der Waals surface area (Å²) in [4.78, 5) is 15.9. The van der Waals surface area contributed by atoms with Gasteiger partial charge in [-0.3, -0.25) is 0 Å². The molecular weight excluding hydrogens is 324 g/mol. The Morgan fingerprint density at radius 1 is 1.08 bits per heavy atom. The zero-order chi connectivity index (χ0) is 18.3. The minimum Gasteiger partial charge on any atom is -0.477 e. The van der Waals surface area contributed by atoms with E-state index in [4.69, 9.17) is 0 Å². The van der Waals surface area contributed by atoms with Gasteiger partial charge in [0.1, 0.15) is 5.69 Å². The van der Waals surface area contributed by atoms with Crippen LogP contribution in [0.2, 0.25) is 0 Å². The summed E-state index contributed by atoms with van der Waals surface area (Å²) in [6, 6.07) is 18.4. The number of fused-ring (bicyclic) bond motifs is 3. The zero-order valence-electron chi connectivity index (χ0n) is 14.9. The van der Waals surface area contributed by atoms with E-state index < -0.39 is 5.97 Å². The lowest BCUT2D eigenvalue weighted by molar-refractivity contribution is 0.0690. The minimum absolute atomic E-state index is 0.104. The molecule has 2 aromatic heterocycles. The van der Waals surface area contributed by atoms with Crippen LogP contribution in [0, 0.1) is 6.92 Å². The van der Waals surface area contributed by atoms with E-state index in [2.05, 4.69) is 46.8 Å². The molecule has 0 saturated carbocycles. The molecule has 0 aliphatic rings. The molecule has 0 unspecified atom stereocenters.